The number of nitrogens with one attached hydrogen (secondary N) is 2. The van der Waals surface area contributed by atoms with E-state index in [1.54, 1.807) is 32.1 Å². The standard InChI is InChI=1S/C33H41N3O4S/c1-6-7-9-12-23(2)31(33(3,4)38)34-32(37)25-15-17-27(18-16-25)35-41(39,40)28-19-20-29-26(21-28)22-30(36(29)5)24-13-10-8-11-14-24/h6-14,19-22,25,27,31,35,38H,2,15-18H2,1,3-5H3,(H,34,37)/b7-6-,12-9-/t25-,27-,31-/m0/s1. The Bertz CT molecular complexity index is 1550. The van der Waals surface area contributed by atoms with Gasteiger partial charge in [-0.3, -0.25) is 4.79 Å². The van der Waals surface area contributed by atoms with E-state index in [9.17, 15) is 18.3 Å². The number of hydrogen-bond donors (Lipinski definition) is 3. The van der Waals surface area contributed by atoms with Gasteiger partial charge in [0.2, 0.25) is 15.9 Å². The molecule has 1 aliphatic rings. The van der Waals surface area contributed by atoms with Gasteiger partial charge in [-0.2, -0.15) is 0 Å². The van der Waals surface area contributed by atoms with E-state index in [2.05, 4.69) is 21.2 Å². The predicted molar refractivity (Wildman–Crippen MR) is 166 cm³/mol. The average molecular weight is 576 g/mol. The van der Waals surface area contributed by atoms with E-state index in [0.717, 1.165) is 22.2 Å². The Hall–Kier alpha value is -3.46. The van der Waals surface area contributed by atoms with Crippen LogP contribution in [0.15, 0.2) is 95.9 Å². The molecule has 0 spiro atoms. The van der Waals surface area contributed by atoms with Gasteiger partial charge < -0.3 is 15.0 Å². The van der Waals surface area contributed by atoms with Gasteiger partial charge in [0, 0.05) is 35.6 Å². The molecule has 1 atom stereocenters. The molecule has 1 amide bonds. The van der Waals surface area contributed by atoms with E-state index in [-0.39, 0.29) is 22.8 Å². The molecule has 218 valence electrons. The molecule has 1 aliphatic carbocycles. The molecule has 3 N–H and O–H groups in total. The van der Waals surface area contributed by atoms with Crippen LogP contribution in [0.3, 0.4) is 0 Å². The van der Waals surface area contributed by atoms with Gasteiger partial charge in [-0.05, 0) is 81.9 Å². The molecule has 1 aromatic heterocycles. The third-order valence-electron chi connectivity index (χ3n) is 7.79. The highest BCUT2D eigenvalue weighted by Crippen LogP contribution is 2.30. The lowest BCUT2D eigenvalue weighted by Gasteiger charge is -2.34. The normalized spacial score (nSPS) is 19.1. The lowest BCUT2D eigenvalue weighted by atomic mass is 9.84. The lowest BCUT2D eigenvalue weighted by Crippen LogP contribution is -2.52. The van der Waals surface area contributed by atoms with Gasteiger partial charge in [0.1, 0.15) is 0 Å². The molecule has 41 heavy (non-hydrogen) atoms. The summed E-state index contributed by atoms with van der Waals surface area (Å²) in [4.78, 5) is 13.3. The Morgan fingerprint density at radius 3 is 2.39 bits per heavy atom. The number of aliphatic hydroxyl groups is 1. The fraction of sp³-hybridized carbons (Fsp3) is 0.364. The molecule has 1 heterocycles. The highest BCUT2D eigenvalue weighted by Gasteiger charge is 2.34. The zero-order valence-corrected chi connectivity index (χ0v) is 25.1. The topological polar surface area (TPSA) is 100 Å². The van der Waals surface area contributed by atoms with Gasteiger partial charge in [-0.25, -0.2) is 13.1 Å². The van der Waals surface area contributed by atoms with Gasteiger partial charge in [0.25, 0.3) is 0 Å². The number of aromatic nitrogens is 1. The maximum atomic E-state index is 13.3. The first-order valence-electron chi connectivity index (χ1n) is 14.1. The van der Waals surface area contributed by atoms with Crippen LogP contribution < -0.4 is 10.0 Å². The maximum absolute atomic E-state index is 13.3. The summed E-state index contributed by atoms with van der Waals surface area (Å²) in [6, 6.07) is 16.3. The van der Waals surface area contributed by atoms with E-state index >= 15 is 0 Å². The van der Waals surface area contributed by atoms with E-state index in [0.29, 0.717) is 31.3 Å². The molecule has 0 radical (unpaired) electrons. The SMILES string of the molecule is C=C(/C=C\C=C/C)[C@H](NC(=O)[C@H]1CC[C@H](NS(=O)(=O)c2ccc3c(c2)cc(-c2ccccc2)n3C)CC1)C(C)(C)O. The Morgan fingerprint density at radius 2 is 1.76 bits per heavy atom. The first kappa shape index (κ1) is 30.5. The van der Waals surface area contributed by atoms with Gasteiger partial charge in [0.15, 0.2) is 0 Å². The number of aryl methyl sites for hydroxylation is 1. The van der Waals surface area contributed by atoms with Crippen molar-refractivity contribution in [3.63, 3.8) is 0 Å². The van der Waals surface area contributed by atoms with Crippen LogP contribution in [0.25, 0.3) is 22.2 Å². The summed E-state index contributed by atoms with van der Waals surface area (Å²) in [5.41, 5.74) is 2.46. The molecule has 1 fully saturated rings. The number of rotatable bonds is 10. The molecule has 0 saturated heterocycles. The van der Waals surface area contributed by atoms with Crippen LogP contribution in [0.4, 0.5) is 0 Å². The highest BCUT2D eigenvalue weighted by molar-refractivity contribution is 7.89. The summed E-state index contributed by atoms with van der Waals surface area (Å²) in [7, 11) is -1.76. The Morgan fingerprint density at radius 1 is 1.07 bits per heavy atom. The summed E-state index contributed by atoms with van der Waals surface area (Å²) >= 11 is 0. The second-order valence-corrected chi connectivity index (χ2v) is 13.1. The average Bonchev–Trinajstić information content (AvgIpc) is 3.27. The molecular formula is C33H41N3O4S. The molecule has 0 bridgehead atoms. The number of carbonyl (C=O) groups is 1. The van der Waals surface area contributed by atoms with Crippen molar-refractivity contribution in [3.8, 4) is 11.3 Å². The fourth-order valence-corrected chi connectivity index (χ4v) is 6.85. The Kier molecular flexibility index (Phi) is 9.37. The fourth-order valence-electron chi connectivity index (χ4n) is 5.51. The summed E-state index contributed by atoms with van der Waals surface area (Å²) in [6.45, 7) is 9.24. The summed E-state index contributed by atoms with van der Waals surface area (Å²) in [6.07, 6.45) is 9.56. The molecular weight excluding hydrogens is 534 g/mol. The molecule has 2 aromatic carbocycles. The number of fused-ring (bicyclic) bond motifs is 1. The van der Waals surface area contributed by atoms with Crippen molar-refractivity contribution in [3.05, 3.63) is 91.1 Å². The smallest absolute Gasteiger partial charge is 0.240 e. The first-order chi connectivity index (χ1) is 19.4. The number of hydrogen-bond acceptors (Lipinski definition) is 4. The molecule has 1 saturated carbocycles. The summed E-state index contributed by atoms with van der Waals surface area (Å²) < 4.78 is 31.6. The van der Waals surface area contributed by atoms with Gasteiger partial charge in [-0.15, -0.1) is 0 Å². The number of carbonyl (C=O) groups excluding carboxylic acids is 1. The maximum Gasteiger partial charge on any atom is 0.240 e. The Balaban J connectivity index is 1.39. The number of sulfonamides is 1. The van der Waals surface area contributed by atoms with Crippen molar-refractivity contribution in [2.45, 2.75) is 69.0 Å². The number of nitrogens with zero attached hydrogens (tertiary/aromatic N) is 1. The lowest BCUT2D eigenvalue weighted by molar-refractivity contribution is -0.128. The van der Waals surface area contributed by atoms with E-state index in [1.165, 1.54) is 0 Å². The van der Waals surface area contributed by atoms with E-state index in [4.69, 9.17) is 0 Å². The van der Waals surface area contributed by atoms with Crippen LogP contribution in [0.1, 0.15) is 46.5 Å². The van der Waals surface area contributed by atoms with Gasteiger partial charge in [-0.1, -0.05) is 61.2 Å². The first-order valence-corrected chi connectivity index (χ1v) is 15.6. The quantitative estimate of drug-likeness (QED) is 0.273. The van der Waals surface area contributed by atoms with Crippen LogP contribution in [0.2, 0.25) is 0 Å². The van der Waals surface area contributed by atoms with E-state index in [1.807, 2.05) is 74.7 Å². The van der Waals surface area contributed by atoms with Crippen LogP contribution in [0.5, 0.6) is 0 Å². The molecule has 0 aliphatic heterocycles. The molecule has 8 heteroatoms. The van der Waals surface area contributed by atoms with Crippen molar-refractivity contribution >= 4 is 26.8 Å². The van der Waals surface area contributed by atoms with Crippen LogP contribution >= 0.6 is 0 Å². The number of amides is 1. The number of allylic oxidation sites excluding steroid dienone is 3. The van der Waals surface area contributed by atoms with Crippen molar-refractivity contribution in [1.29, 1.82) is 0 Å². The van der Waals surface area contributed by atoms with Crippen molar-refractivity contribution in [2.75, 3.05) is 0 Å². The molecule has 3 aromatic rings. The van der Waals surface area contributed by atoms with Crippen LogP contribution in [-0.2, 0) is 21.9 Å². The predicted octanol–water partition coefficient (Wildman–Crippen LogP) is 5.63. The van der Waals surface area contributed by atoms with E-state index < -0.39 is 21.7 Å². The minimum atomic E-state index is -3.74. The number of benzene rings is 2. The molecule has 4 rings (SSSR count). The third-order valence-corrected chi connectivity index (χ3v) is 9.31. The summed E-state index contributed by atoms with van der Waals surface area (Å²) in [5.74, 6) is -0.409. The largest absolute Gasteiger partial charge is 0.388 e. The molecule has 0 unspecified atom stereocenters. The minimum absolute atomic E-state index is 0.150. The van der Waals surface area contributed by atoms with Crippen molar-refractivity contribution in [1.82, 2.24) is 14.6 Å². The van der Waals surface area contributed by atoms with Crippen LogP contribution in [-0.4, -0.2) is 41.7 Å². The highest BCUT2D eigenvalue weighted by atomic mass is 32.2. The molecule has 7 nitrogen and oxygen atoms in total. The second kappa shape index (κ2) is 12.6. The zero-order chi connectivity index (χ0) is 29.8. The van der Waals surface area contributed by atoms with Crippen LogP contribution in [0, 0.1) is 5.92 Å². The van der Waals surface area contributed by atoms with Gasteiger partial charge in [0.05, 0.1) is 16.5 Å². The zero-order valence-electron chi connectivity index (χ0n) is 24.3. The minimum Gasteiger partial charge on any atom is -0.388 e. The van der Waals surface area contributed by atoms with Crippen molar-refractivity contribution in [2.24, 2.45) is 13.0 Å². The van der Waals surface area contributed by atoms with Crippen molar-refractivity contribution < 1.29 is 18.3 Å². The Labute approximate surface area is 243 Å². The monoisotopic (exact) mass is 575 g/mol. The third kappa shape index (κ3) is 7.25. The summed E-state index contributed by atoms with van der Waals surface area (Å²) in [5, 5.41) is 14.5. The second-order valence-electron chi connectivity index (χ2n) is 11.4. The van der Waals surface area contributed by atoms with Gasteiger partial charge >= 0.3 is 0 Å².